The highest BCUT2D eigenvalue weighted by molar-refractivity contribution is 7.17. The molecule has 3 heterocycles. The number of hydrogen-bond acceptors (Lipinski definition) is 8. The van der Waals surface area contributed by atoms with Gasteiger partial charge in [0.2, 0.25) is 0 Å². The summed E-state index contributed by atoms with van der Waals surface area (Å²) in [6, 6.07) is 11.6. The molecule has 0 atom stereocenters. The van der Waals surface area contributed by atoms with Gasteiger partial charge < -0.3 is 15.5 Å². The topological polar surface area (TPSA) is 123 Å². The van der Waals surface area contributed by atoms with Gasteiger partial charge in [-0.25, -0.2) is 9.97 Å². The lowest BCUT2D eigenvalue weighted by molar-refractivity contribution is 0.103. The second-order valence-electron chi connectivity index (χ2n) is 6.91. The molecular formula is C21H20N8OS. The number of pyridine rings is 1. The molecule has 0 aliphatic heterocycles. The quantitative estimate of drug-likeness (QED) is 0.402. The van der Waals surface area contributed by atoms with E-state index >= 15 is 0 Å². The number of aromatic amines is 1. The number of fused-ring (bicyclic) bond motifs is 1. The summed E-state index contributed by atoms with van der Waals surface area (Å²) in [6.07, 6.45) is 3.66. The standard InChI is InChI=1S/C21H20N8OS/c1-13-7-8-15-14(11-24-28-15)19(13)27-20(30)16-12-23-21(31-16)26-17-5-3-6-18(25-17)29(2)10-4-9-22/h3,5-8,11-12H,4,10H2,1-2H3,(H,24,28)(H,27,30)(H,23,25,26). The van der Waals surface area contributed by atoms with Gasteiger partial charge in [0.25, 0.3) is 5.91 Å². The molecule has 0 spiro atoms. The zero-order valence-corrected chi connectivity index (χ0v) is 17.8. The number of thiazole rings is 1. The van der Waals surface area contributed by atoms with Gasteiger partial charge in [-0.2, -0.15) is 10.4 Å². The number of benzene rings is 1. The van der Waals surface area contributed by atoms with Crippen molar-refractivity contribution in [3.8, 4) is 6.07 Å². The van der Waals surface area contributed by atoms with E-state index in [1.54, 1.807) is 6.20 Å². The number of carbonyl (C=O) groups excluding carboxylic acids is 1. The number of nitrogens with zero attached hydrogens (tertiary/aromatic N) is 5. The van der Waals surface area contributed by atoms with Crippen molar-refractivity contribution < 1.29 is 4.79 Å². The van der Waals surface area contributed by atoms with Crippen LogP contribution in [0.5, 0.6) is 0 Å². The van der Waals surface area contributed by atoms with Crippen LogP contribution in [0.4, 0.5) is 22.5 Å². The van der Waals surface area contributed by atoms with Crippen LogP contribution in [0, 0.1) is 18.3 Å². The molecule has 4 aromatic rings. The fourth-order valence-corrected chi connectivity index (χ4v) is 3.77. The van der Waals surface area contributed by atoms with E-state index in [9.17, 15) is 4.79 Å². The lowest BCUT2D eigenvalue weighted by Gasteiger charge is -2.17. The third-order valence-corrected chi connectivity index (χ3v) is 5.63. The normalized spacial score (nSPS) is 10.6. The summed E-state index contributed by atoms with van der Waals surface area (Å²) < 4.78 is 0. The summed E-state index contributed by atoms with van der Waals surface area (Å²) in [6.45, 7) is 2.53. The molecule has 0 radical (unpaired) electrons. The molecule has 4 rings (SSSR count). The number of amides is 1. The molecule has 0 saturated heterocycles. The smallest absolute Gasteiger partial charge is 0.267 e. The third-order valence-electron chi connectivity index (χ3n) is 4.72. The largest absolute Gasteiger partial charge is 0.359 e. The van der Waals surface area contributed by atoms with Crippen molar-refractivity contribution >= 4 is 50.6 Å². The summed E-state index contributed by atoms with van der Waals surface area (Å²) in [4.78, 5) is 24.0. The first-order valence-corrected chi connectivity index (χ1v) is 10.4. The van der Waals surface area contributed by atoms with Crippen molar-refractivity contribution in [3.63, 3.8) is 0 Å². The van der Waals surface area contributed by atoms with Crippen LogP contribution >= 0.6 is 11.3 Å². The Kier molecular flexibility index (Phi) is 5.77. The highest BCUT2D eigenvalue weighted by Gasteiger charge is 2.15. The van der Waals surface area contributed by atoms with Crippen LogP contribution in [-0.2, 0) is 0 Å². The number of nitriles is 1. The summed E-state index contributed by atoms with van der Waals surface area (Å²) in [7, 11) is 1.89. The minimum atomic E-state index is -0.236. The van der Waals surface area contributed by atoms with Crippen LogP contribution in [0.25, 0.3) is 10.9 Å². The molecule has 1 amide bonds. The van der Waals surface area contributed by atoms with Gasteiger partial charge in [-0.1, -0.05) is 23.5 Å². The van der Waals surface area contributed by atoms with Crippen molar-refractivity contribution in [1.29, 1.82) is 5.26 Å². The van der Waals surface area contributed by atoms with Crippen molar-refractivity contribution in [1.82, 2.24) is 20.2 Å². The number of nitrogens with one attached hydrogen (secondary N) is 3. The minimum Gasteiger partial charge on any atom is -0.359 e. The Morgan fingerprint density at radius 2 is 2.16 bits per heavy atom. The van der Waals surface area contributed by atoms with E-state index < -0.39 is 0 Å². The van der Waals surface area contributed by atoms with Gasteiger partial charge in [-0.15, -0.1) is 0 Å². The number of aromatic nitrogens is 4. The molecule has 10 heteroatoms. The van der Waals surface area contributed by atoms with Crippen molar-refractivity contribution in [2.24, 2.45) is 0 Å². The van der Waals surface area contributed by atoms with Crippen LogP contribution in [0.2, 0.25) is 0 Å². The van der Waals surface area contributed by atoms with E-state index in [0.29, 0.717) is 28.8 Å². The maximum Gasteiger partial charge on any atom is 0.267 e. The second-order valence-corrected chi connectivity index (χ2v) is 7.94. The summed E-state index contributed by atoms with van der Waals surface area (Å²) >= 11 is 1.24. The van der Waals surface area contributed by atoms with E-state index in [1.165, 1.54) is 17.5 Å². The third kappa shape index (κ3) is 4.46. The fraction of sp³-hybridized carbons (Fsp3) is 0.190. The number of anilines is 4. The van der Waals surface area contributed by atoms with Gasteiger partial charge in [0.05, 0.1) is 36.1 Å². The van der Waals surface area contributed by atoms with Crippen molar-refractivity contribution in [3.05, 3.63) is 53.2 Å². The predicted molar refractivity (Wildman–Crippen MR) is 122 cm³/mol. The molecule has 3 aromatic heterocycles. The van der Waals surface area contributed by atoms with Crippen LogP contribution < -0.4 is 15.5 Å². The molecule has 9 nitrogen and oxygen atoms in total. The number of rotatable bonds is 7. The molecule has 156 valence electrons. The lowest BCUT2D eigenvalue weighted by atomic mass is 10.1. The molecule has 0 aliphatic carbocycles. The van der Waals surface area contributed by atoms with Crippen molar-refractivity contribution in [2.45, 2.75) is 13.3 Å². The monoisotopic (exact) mass is 432 g/mol. The first-order valence-electron chi connectivity index (χ1n) is 9.57. The molecule has 0 saturated carbocycles. The van der Waals surface area contributed by atoms with E-state index in [1.807, 2.05) is 49.2 Å². The number of H-pyrrole nitrogens is 1. The first-order chi connectivity index (χ1) is 15.0. The van der Waals surface area contributed by atoms with Gasteiger partial charge in [0.1, 0.15) is 16.5 Å². The average molecular weight is 433 g/mol. The highest BCUT2D eigenvalue weighted by Crippen LogP contribution is 2.28. The van der Waals surface area contributed by atoms with Gasteiger partial charge in [0, 0.05) is 19.0 Å². The molecular weight excluding hydrogens is 412 g/mol. The Morgan fingerprint density at radius 3 is 3.00 bits per heavy atom. The zero-order chi connectivity index (χ0) is 21.8. The molecule has 31 heavy (non-hydrogen) atoms. The Morgan fingerprint density at radius 1 is 1.29 bits per heavy atom. The zero-order valence-electron chi connectivity index (χ0n) is 17.0. The average Bonchev–Trinajstić information content (AvgIpc) is 3.44. The highest BCUT2D eigenvalue weighted by atomic mass is 32.1. The van der Waals surface area contributed by atoms with Crippen LogP contribution in [0.1, 0.15) is 21.7 Å². The molecule has 0 fully saturated rings. The van der Waals surface area contributed by atoms with Crippen LogP contribution in [0.3, 0.4) is 0 Å². The van der Waals surface area contributed by atoms with Crippen molar-refractivity contribution in [2.75, 3.05) is 29.1 Å². The molecule has 1 aromatic carbocycles. The van der Waals surface area contributed by atoms with Gasteiger partial charge in [-0.3, -0.25) is 9.89 Å². The maximum atomic E-state index is 12.8. The van der Waals surface area contributed by atoms with Gasteiger partial charge >= 0.3 is 0 Å². The summed E-state index contributed by atoms with van der Waals surface area (Å²) in [5.74, 6) is 1.13. The number of carbonyl (C=O) groups is 1. The second kappa shape index (κ2) is 8.81. The van der Waals surface area contributed by atoms with Crippen LogP contribution in [0.15, 0.2) is 42.7 Å². The maximum absolute atomic E-state index is 12.8. The van der Waals surface area contributed by atoms with E-state index in [4.69, 9.17) is 5.26 Å². The summed E-state index contributed by atoms with van der Waals surface area (Å²) in [5.41, 5.74) is 2.54. The summed E-state index contributed by atoms with van der Waals surface area (Å²) in [5, 5.41) is 23.2. The number of hydrogen-bond donors (Lipinski definition) is 3. The molecule has 0 bridgehead atoms. The van der Waals surface area contributed by atoms with E-state index in [2.05, 4.69) is 36.9 Å². The number of aryl methyl sites for hydroxylation is 1. The lowest BCUT2D eigenvalue weighted by Crippen LogP contribution is -2.19. The Balaban J connectivity index is 1.47. The predicted octanol–water partition coefficient (Wildman–Crippen LogP) is 4.07. The molecule has 0 aliphatic rings. The van der Waals surface area contributed by atoms with Gasteiger partial charge in [0.15, 0.2) is 5.13 Å². The first kappa shape index (κ1) is 20.3. The SMILES string of the molecule is Cc1ccc2[nH]ncc2c1NC(=O)c1cnc(Nc2cccc(N(C)CCC#N)n2)s1. The van der Waals surface area contributed by atoms with E-state index in [0.717, 1.165) is 28.0 Å². The fourth-order valence-electron chi connectivity index (χ4n) is 3.05. The Hall–Kier alpha value is -3.97. The van der Waals surface area contributed by atoms with Gasteiger partial charge in [-0.05, 0) is 30.7 Å². The minimum absolute atomic E-state index is 0.236. The molecule has 3 N–H and O–H groups in total. The Bertz CT molecular complexity index is 1270. The Labute approximate surface area is 182 Å². The molecule has 0 unspecified atom stereocenters. The van der Waals surface area contributed by atoms with E-state index in [-0.39, 0.29) is 5.91 Å². The van der Waals surface area contributed by atoms with Crippen LogP contribution in [-0.4, -0.2) is 39.7 Å².